The highest BCUT2D eigenvalue weighted by atomic mass is 16.5. The van der Waals surface area contributed by atoms with Crippen molar-refractivity contribution in [1.29, 1.82) is 0 Å². The first-order chi connectivity index (χ1) is 8.58. The van der Waals surface area contributed by atoms with Crippen LogP contribution in [0.15, 0.2) is 0 Å². The number of amides is 1. The van der Waals surface area contributed by atoms with E-state index in [9.17, 15) is 9.59 Å². The zero-order valence-electron chi connectivity index (χ0n) is 10.8. The largest absolute Gasteiger partial charge is 0.481 e. The summed E-state index contributed by atoms with van der Waals surface area (Å²) in [4.78, 5) is 24.8. The first kappa shape index (κ1) is 13.3. The summed E-state index contributed by atoms with van der Waals surface area (Å²) < 4.78 is 5.46. The summed E-state index contributed by atoms with van der Waals surface area (Å²) in [5.74, 6) is -1.29. The van der Waals surface area contributed by atoms with Crippen molar-refractivity contribution in [2.45, 2.75) is 51.2 Å². The van der Waals surface area contributed by atoms with Crippen LogP contribution in [-0.4, -0.2) is 47.2 Å². The third kappa shape index (κ3) is 3.45. The normalized spacial score (nSPS) is 24.8. The zero-order chi connectivity index (χ0) is 13.1. The number of carboxylic acid groups (broad SMARTS) is 1. The number of aliphatic carboxylic acids is 1. The summed E-state index contributed by atoms with van der Waals surface area (Å²) in [7, 11) is 0. The van der Waals surface area contributed by atoms with Crippen LogP contribution in [0.3, 0.4) is 0 Å². The van der Waals surface area contributed by atoms with E-state index in [1.165, 1.54) is 0 Å². The van der Waals surface area contributed by atoms with Crippen LogP contribution >= 0.6 is 0 Å². The molecular weight excluding hydrogens is 234 g/mol. The number of carbonyl (C=O) groups is 2. The Morgan fingerprint density at radius 2 is 2.11 bits per heavy atom. The van der Waals surface area contributed by atoms with Crippen molar-refractivity contribution in [1.82, 2.24) is 4.90 Å². The molecule has 5 heteroatoms. The summed E-state index contributed by atoms with van der Waals surface area (Å²) in [5, 5.41) is 8.94. The highest BCUT2D eigenvalue weighted by molar-refractivity contribution is 5.78. The van der Waals surface area contributed by atoms with Crippen LogP contribution in [0.1, 0.15) is 39.0 Å². The second-order valence-electron chi connectivity index (χ2n) is 5.36. The van der Waals surface area contributed by atoms with Crippen LogP contribution in [-0.2, 0) is 14.3 Å². The van der Waals surface area contributed by atoms with Gasteiger partial charge in [0.15, 0.2) is 0 Å². The quantitative estimate of drug-likeness (QED) is 0.776. The van der Waals surface area contributed by atoms with Gasteiger partial charge in [-0.05, 0) is 25.7 Å². The molecule has 2 unspecified atom stereocenters. The van der Waals surface area contributed by atoms with E-state index < -0.39 is 11.9 Å². The lowest BCUT2D eigenvalue weighted by Gasteiger charge is -2.25. The number of nitrogens with zero attached hydrogens (tertiary/aromatic N) is 1. The van der Waals surface area contributed by atoms with E-state index >= 15 is 0 Å². The fourth-order valence-corrected chi connectivity index (χ4v) is 2.33. The van der Waals surface area contributed by atoms with E-state index in [1.54, 1.807) is 11.8 Å². The van der Waals surface area contributed by atoms with Gasteiger partial charge in [-0.25, -0.2) is 0 Å². The maximum absolute atomic E-state index is 12.2. The summed E-state index contributed by atoms with van der Waals surface area (Å²) in [5.41, 5.74) is 0. The minimum absolute atomic E-state index is 0.0406. The maximum atomic E-state index is 12.2. The molecule has 1 N–H and O–H groups in total. The molecule has 2 fully saturated rings. The van der Waals surface area contributed by atoms with Gasteiger partial charge in [0.05, 0.1) is 18.4 Å². The van der Waals surface area contributed by atoms with Gasteiger partial charge in [-0.2, -0.15) is 0 Å². The van der Waals surface area contributed by atoms with Gasteiger partial charge in [0, 0.05) is 19.2 Å². The minimum atomic E-state index is -0.842. The summed E-state index contributed by atoms with van der Waals surface area (Å²) >= 11 is 0. The van der Waals surface area contributed by atoms with E-state index in [-0.39, 0.29) is 18.1 Å². The standard InChI is InChI=1S/C13H21NO4/c1-9(13(16)17)8-14(10-4-5-10)12(15)7-11-3-2-6-18-11/h9-11H,2-8H2,1H3,(H,16,17). The molecule has 1 heterocycles. The second-order valence-corrected chi connectivity index (χ2v) is 5.36. The van der Waals surface area contributed by atoms with Crippen molar-refractivity contribution in [2.24, 2.45) is 5.92 Å². The summed E-state index contributed by atoms with van der Waals surface area (Å²) in [6.45, 7) is 2.72. The molecule has 0 aromatic carbocycles. The zero-order valence-corrected chi connectivity index (χ0v) is 10.8. The van der Waals surface area contributed by atoms with Crippen LogP contribution in [0, 0.1) is 5.92 Å². The number of carboxylic acids is 1. The lowest BCUT2D eigenvalue weighted by atomic mass is 10.1. The first-order valence-electron chi connectivity index (χ1n) is 6.72. The molecule has 102 valence electrons. The molecule has 5 nitrogen and oxygen atoms in total. The highest BCUT2D eigenvalue weighted by Gasteiger charge is 2.35. The Morgan fingerprint density at radius 3 is 2.61 bits per heavy atom. The maximum Gasteiger partial charge on any atom is 0.308 e. The molecule has 1 aliphatic heterocycles. The Hall–Kier alpha value is -1.10. The molecule has 2 aliphatic rings. The molecule has 1 amide bonds. The van der Waals surface area contributed by atoms with Crippen LogP contribution in [0.5, 0.6) is 0 Å². The van der Waals surface area contributed by atoms with Crippen molar-refractivity contribution in [3.05, 3.63) is 0 Å². The van der Waals surface area contributed by atoms with Gasteiger partial charge in [-0.3, -0.25) is 9.59 Å². The van der Waals surface area contributed by atoms with Gasteiger partial charge in [0.25, 0.3) is 0 Å². The van der Waals surface area contributed by atoms with Gasteiger partial charge < -0.3 is 14.7 Å². The van der Waals surface area contributed by atoms with Gasteiger partial charge in [-0.15, -0.1) is 0 Å². The molecule has 2 atom stereocenters. The van der Waals surface area contributed by atoms with Gasteiger partial charge in [-0.1, -0.05) is 6.92 Å². The van der Waals surface area contributed by atoms with E-state index in [0.717, 1.165) is 32.3 Å². The van der Waals surface area contributed by atoms with Crippen molar-refractivity contribution in [3.8, 4) is 0 Å². The predicted molar refractivity (Wildman–Crippen MR) is 65.1 cm³/mol. The summed E-state index contributed by atoms with van der Waals surface area (Å²) in [6.07, 6.45) is 4.42. The molecule has 0 aromatic rings. The number of hydrogen-bond acceptors (Lipinski definition) is 3. The Morgan fingerprint density at radius 1 is 1.39 bits per heavy atom. The van der Waals surface area contributed by atoms with Gasteiger partial charge in [0.1, 0.15) is 0 Å². The highest BCUT2D eigenvalue weighted by Crippen LogP contribution is 2.29. The Balaban J connectivity index is 1.87. The van der Waals surface area contributed by atoms with Gasteiger partial charge in [0.2, 0.25) is 5.91 Å². The lowest BCUT2D eigenvalue weighted by Crippen LogP contribution is -2.39. The molecule has 0 aromatic heterocycles. The fraction of sp³-hybridized carbons (Fsp3) is 0.846. The van der Waals surface area contributed by atoms with Crippen LogP contribution in [0.2, 0.25) is 0 Å². The molecule has 0 bridgehead atoms. The van der Waals surface area contributed by atoms with E-state index in [0.29, 0.717) is 13.0 Å². The Labute approximate surface area is 107 Å². The average Bonchev–Trinajstić information content (AvgIpc) is 3.03. The lowest BCUT2D eigenvalue weighted by molar-refractivity contribution is -0.143. The molecule has 1 aliphatic carbocycles. The van der Waals surface area contributed by atoms with Crippen LogP contribution in [0.4, 0.5) is 0 Å². The van der Waals surface area contributed by atoms with Crippen molar-refractivity contribution in [3.63, 3.8) is 0 Å². The number of ether oxygens (including phenoxy) is 1. The molecular formula is C13H21NO4. The van der Waals surface area contributed by atoms with Gasteiger partial charge >= 0.3 is 5.97 Å². The Bertz CT molecular complexity index is 321. The van der Waals surface area contributed by atoms with Crippen molar-refractivity contribution < 1.29 is 19.4 Å². The monoisotopic (exact) mass is 255 g/mol. The van der Waals surface area contributed by atoms with Crippen molar-refractivity contribution in [2.75, 3.05) is 13.2 Å². The smallest absolute Gasteiger partial charge is 0.308 e. The number of carbonyl (C=O) groups excluding carboxylic acids is 1. The predicted octanol–water partition coefficient (Wildman–Crippen LogP) is 1.27. The number of rotatable bonds is 6. The molecule has 1 saturated carbocycles. The van der Waals surface area contributed by atoms with Crippen molar-refractivity contribution >= 4 is 11.9 Å². The van der Waals surface area contributed by atoms with Crippen LogP contribution in [0.25, 0.3) is 0 Å². The minimum Gasteiger partial charge on any atom is -0.481 e. The molecule has 2 rings (SSSR count). The van der Waals surface area contributed by atoms with E-state index in [1.807, 2.05) is 0 Å². The van der Waals surface area contributed by atoms with Crippen LogP contribution < -0.4 is 0 Å². The number of hydrogen-bond donors (Lipinski definition) is 1. The fourth-order valence-electron chi connectivity index (χ4n) is 2.33. The third-order valence-electron chi connectivity index (χ3n) is 3.63. The molecule has 0 radical (unpaired) electrons. The van der Waals surface area contributed by atoms with E-state index in [4.69, 9.17) is 9.84 Å². The SMILES string of the molecule is CC(CN(C(=O)CC1CCCO1)C1CC1)C(=O)O. The second kappa shape index (κ2) is 5.69. The topological polar surface area (TPSA) is 66.8 Å². The molecule has 1 saturated heterocycles. The average molecular weight is 255 g/mol. The molecule has 18 heavy (non-hydrogen) atoms. The first-order valence-corrected chi connectivity index (χ1v) is 6.72. The summed E-state index contributed by atoms with van der Waals surface area (Å²) in [6, 6.07) is 0.265. The Kier molecular flexibility index (Phi) is 4.22. The van der Waals surface area contributed by atoms with E-state index in [2.05, 4.69) is 0 Å². The third-order valence-corrected chi connectivity index (χ3v) is 3.63. The molecule has 0 spiro atoms.